The van der Waals surface area contributed by atoms with Gasteiger partial charge in [-0.25, -0.2) is 0 Å². The Bertz CT molecular complexity index is 522. The number of benzene rings is 1. The van der Waals surface area contributed by atoms with Crippen molar-refractivity contribution in [2.75, 3.05) is 13.6 Å². The summed E-state index contributed by atoms with van der Waals surface area (Å²) >= 11 is 0. The molecule has 0 aliphatic rings. The second kappa shape index (κ2) is 7.72. The molecule has 108 valence electrons. The highest BCUT2D eigenvalue weighted by molar-refractivity contribution is 5.94. The highest BCUT2D eigenvalue weighted by Crippen LogP contribution is 2.15. The smallest absolute Gasteiger partial charge is 0.253 e. The summed E-state index contributed by atoms with van der Waals surface area (Å²) in [4.78, 5) is 14.4. The van der Waals surface area contributed by atoms with Crippen LogP contribution in [0.25, 0.3) is 0 Å². The van der Waals surface area contributed by atoms with Gasteiger partial charge in [0.1, 0.15) is 0 Å². The molecule has 0 radical (unpaired) electrons. The molecule has 1 aromatic carbocycles. The Morgan fingerprint density at radius 3 is 2.50 bits per heavy atom. The van der Waals surface area contributed by atoms with Gasteiger partial charge in [-0.3, -0.25) is 4.79 Å². The van der Waals surface area contributed by atoms with E-state index in [2.05, 4.69) is 25.7 Å². The van der Waals surface area contributed by atoms with Crippen LogP contribution in [0.15, 0.2) is 18.2 Å². The lowest BCUT2D eigenvalue weighted by Crippen LogP contribution is -2.36. The van der Waals surface area contributed by atoms with Crippen molar-refractivity contribution in [3.63, 3.8) is 0 Å². The molecule has 20 heavy (non-hydrogen) atoms. The zero-order chi connectivity index (χ0) is 15.1. The van der Waals surface area contributed by atoms with Gasteiger partial charge in [-0.05, 0) is 43.5 Å². The van der Waals surface area contributed by atoms with Crippen molar-refractivity contribution in [3.8, 4) is 11.8 Å². The molecule has 0 heterocycles. The zero-order valence-corrected chi connectivity index (χ0v) is 12.9. The van der Waals surface area contributed by atoms with Gasteiger partial charge in [0.25, 0.3) is 5.91 Å². The summed E-state index contributed by atoms with van der Waals surface area (Å²) in [5.41, 5.74) is 7.96. The molecule has 1 rings (SSSR count). The molecule has 0 unspecified atom stereocenters. The number of carbonyl (C=O) groups excluding carboxylic acids is 1. The molecule has 3 nitrogen and oxygen atoms in total. The summed E-state index contributed by atoms with van der Waals surface area (Å²) in [6.45, 7) is 6.51. The normalized spacial score (nSPS) is 10.1. The second-order valence-electron chi connectivity index (χ2n) is 4.98. The van der Waals surface area contributed by atoms with Gasteiger partial charge >= 0.3 is 0 Å². The van der Waals surface area contributed by atoms with Gasteiger partial charge < -0.3 is 10.6 Å². The predicted molar refractivity (Wildman–Crippen MR) is 83.6 cm³/mol. The molecule has 0 aromatic heterocycles. The topological polar surface area (TPSA) is 46.3 Å². The fourth-order valence-electron chi connectivity index (χ4n) is 2.34. The minimum absolute atomic E-state index is 0.0539. The van der Waals surface area contributed by atoms with Crippen LogP contribution in [0.4, 0.5) is 0 Å². The third-order valence-electron chi connectivity index (χ3n) is 3.47. The molecule has 0 bridgehead atoms. The van der Waals surface area contributed by atoms with Crippen LogP contribution in [-0.4, -0.2) is 30.4 Å². The van der Waals surface area contributed by atoms with E-state index in [0.717, 1.165) is 24.0 Å². The van der Waals surface area contributed by atoms with E-state index < -0.39 is 0 Å². The summed E-state index contributed by atoms with van der Waals surface area (Å²) in [6, 6.07) is 6.00. The third-order valence-corrected chi connectivity index (χ3v) is 3.47. The fourth-order valence-corrected chi connectivity index (χ4v) is 2.34. The van der Waals surface area contributed by atoms with Crippen molar-refractivity contribution in [2.24, 2.45) is 5.73 Å². The van der Waals surface area contributed by atoms with Gasteiger partial charge in [-0.2, -0.15) is 0 Å². The molecule has 1 aromatic rings. The minimum Gasteiger partial charge on any atom is -0.339 e. The van der Waals surface area contributed by atoms with E-state index >= 15 is 0 Å². The number of aryl methyl sites for hydroxylation is 1. The Kier molecular flexibility index (Phi) is 6.27. The van der Waals surface area contributed by atoms with Crippen molar-refractivity contribution in [1.29, 1.82) is 0 Å². The molecule has 0 saturated heterocycles. The zero-order valence-electron chi connectivity index (χ0n) is 12.9. The van der Waals surface area contributed by atoms with Crippen molar-refractivity contribution < 1.29 is 4.79 Å². The third kappa shape index (κ3) is 4.11. The number of nitrogens with zero attached hydrogens (tertiary/aromatic N) is 1. The Hall–Kier alpha value is -1.79. The molecule has 0 saturated carbocycles. The van der Waals surface area contributed by atoms with Crippen LogP contribution in [-0.2, 0) is 0 Å². The van der Waals surface area contributed by atoms with Crippen LogP contribution in [0, 0.1) is 18.8 Å². The standard InChI is InChI=1S/C17H24N2O/c1-5-16(6-2)19(4)17(20)15-11-13(3)10-14(12-15)8-7-9-18/h10-12,16H,5-6,9,18H2,1-4H3. The van der Waals surface area contributed by atoms with Crippen molar-refractivity contribution in [2.45, 2.75) is 39.7 Å². The largest absolute Gasteiger partial charge is 0.339 e. The van der Waals surface area contributed by atoms with E-state index in [9.17, 15) is 4.79 Å². The maximum atomic E-state index is 12.5. The first-order valence-corrected chi connectivity index (χ1v) is 7.11. The maximum absolute atomic E-state index is 12.5. The molecule has 0 aliphatic heterocycles. The molecule has 0 aliphatic carbocycles. The summed E-state index contributed by atoms with van der Waals surface area (Å²) in [6.07, 6.45) is 1.93. The van der Waals surface area contributed by atoms with Gasteiger partial charge in [-0.1, -0.05) is 25.7 Å². The fraction of sp³-hybridized carbons (Fsp3) is 0.471. The highest BCUT2D eigenvalue weighted by Gasteiger charge is 2.18. The van der Waals surface area contributed by atoms with Crippen LogP contribution >= 0.6 is 0 Å². The Balaban J connectivity index is 3.06. The SMILES string of the molecule is CCC(CC)N(C)C(=O)c1cc(C)cc(C#CCN)c1. The highest BCUT2D eigenvalue weighted by atomic mass is 16.2. The summed E-state index contributed by atoms with van der Waals surface area (Å²) in [5, 5.41) is 0. The number of hydrogen-bond acceptors (Lipinski definition) is 2. The van der Waals surface area contributed by atoms with Crippen molar-refractivity contribution in [1.82, 2.24) is 4.90 Å². The monoisotopic (exact) mass is 272 g/mol. The van der Waals surface area contributed by atoms with E-state index in [1.54, 1.807) is 0 Å². The van der Waals surface area contributed by atoms with Crippen LogP contribution in [0.5, 0.6) is 0 Å². The number of amides is 1. The quantitative estimate of drug-likeness (QED) is 0.856. The van der Waals surface area contributed by atoms with Gasteiger partial charge in [0.15, 0.2) is 0 Å². The van der Waals surface area contributed by atoms with E-state index in [1.165, 1.54) is 0 Å². The first kappa shape index (κ1) is 16.3. The molecule has 0 fully saturated rings. The lowest BCUT2D eigenvalue weighted by atomic mass is 10.0. The average Bonchev–Trinajstić information content (AvgIpc) is 2.44. The Labute approximate surface area is 122 Å². The molecule has 1 amide bonds. The molecule has 0 spiro atoms. The Morgan fingerprint density at radius 2 is 1.95 bits per heavy atom. The number of hydrogen-bond donors (Lipinski definition) is 1. The van der Waals surface area contributed by atoms with Crippen LogP contribution in [0.2, 0.25) is 0 Å². The van der Waals surface area contributed by atoms with E-state index in [0.29, 0.717) is 12.1 Å². The molecule has 0 atom stereocenters. The summed E-state index contributed by atoms with van der Waals surface area (Å²) in [5.74, 6) is 5.87. The summed E-state index contributed by atoms with van der Waals surface area (Å²) < 4.78 is 0. The van der Waals surface area contributed by atoms with E-state index in [1.807, 2.05) is 37.1 Å². The maximum Gasteiger partial charge on any atom is 0.253 e. The first-order chi connectivity index (χ1) is 9.53. The molecule has 3 heteroatoms. The average molecular weight is 272 g/mol. The second-order valence-corrected chi connectivity index (χ2v) is 4.98. The van der Waals surface area contributed by atoms with Gasteiger partial charge in [-0.15, -0.1) is 0 Å². The number of carbonyl (C=O) groups is 1. The lowest BCUT2D eigenvalue weighted by Gasteiger charge is -2.26. The number of nitrogens with two attached hydrogens (primary N) is 1. The van der Waals surface area contributed by atoms with Gasteiger partial charge in [0.05, 0.1) is 6.54 Å². The molecule has 2 N–H and O–H groups in total. The van der Waals surface area contributed by atoms with E-state index in [4.69, 9.17) is 5.73 Å². The Morgan fingerprint density at radius 1 is 1.30 bits per heavy atom. The summed E-state index contributed by atoms with van der Waals surface area (Å²) in [7, 11) is 1.87. The van der Waals surface area contributed by atoms with Crippen LogP contribution in [0.1, 0.15) is 48.2 Å². The van der Waals surface area contributed by atoms with Gasteiger partial charge in [0.2, 0.25) is 0 Å². The van der Waals surface area contributed by atoms with Crippen LogP contribution in [0.3, 0.4) is 0 Å². The van der Waals surface area contributed by atoms with Crippen molar-refractivity contribution in [3.05, 3.63) is 34.9 Å². The van der Waals surface area contributed by atoms with Gasteiger partial charge in [0, 0.05) is 24.2 Å². The lowest BCUT2D eigenvalue weighted by molar-refractivity contribution is 0.0723. The van der Waals surface area contributed by atoms with Crippen molar-refractivity contribution >= 4 is 5.91 Å². The minimum atomic E-state index is 0.0539. The first-order valence-electron chi connectivity index (χ1n) is 7.11. The van der Waals surface area contributed by atoms with E-state index in [-0.39, 0.29) is 11.9 Å². The molecular formula is C17H24N2O. The molecular weight excluding hydrogens is 248 g/mol. The van der Waals surface area contributed by atoms with Crippen LogP contribution < -0.4 is 5.73 Å². The predicted octanol–water partition coefficient (Wildman–Crippen LogP) is 2.57. The number of rotatable bonds is 4.